The van der Waals surface area contributed by atoms with Gasteiger partial charge in [0.05, 0.1) is 18.3 Å². The molecule has 1 unspecified atom stereocenters. The van der Waals surface area contributed by atoms with Gasteiger partial charge in [0.25, 0.3) is 5.56 Å². The Bertz CT molecular complexity index is 693. The first-order valence-electron chi connectivity index (χ1n) is 7.07. The molecular weight excluding hydrogens is 308 g/mol. The lowest BCUT2D eigenvalue weighted by molar-refractivity contribution is -0.0583. The van der Waals surface area contributed by atoms with Gasteiger partial charge in [0.15, 0.2) is 0 Å². The van der Waals surface area contributed by atoms with Crippen molar-refractivity contribution in [3.63, 3.8) is 0 Å². The van der Waals surface area contributed by atoms with Crippen molar-refractivity contribution in [3.8, 4) is 0 Å². The van der Waals surface area contributed by atoms with E-state index < -0.39 is 35.8 Å². The number of hydrogen-bond acceptors (Lipinski definition) is 7. The molecule has 1 fully saturated rings. The Hall–Kier alpha value is -2.39. The van der Waals surface area contributed by atoms with E-state index >= 15 is 0 Å². The molecule has 1 aliphatic rings. The molecule has 0 aliphatic carbocycles. The largest absolute Gasteiger partial charge is 0.508 e. The van der Waals surface area contributed by atoms with Crippen LogP contribution in [0.3, 0.4) is 0 Å². The highest BCUT2D eigenvalue weighted by atomic mass is 16.7. The van der Waals surface area contributed by atoms with Crippen LogP contribution in [0.25, 0.3) is 6.08 Å². The van der Waals surface area contributed by atoms with Crippen LogP contribution in [0.5, 0.6) is 0 Å². The molecular formula is C14H18N2O7. The van der Waals surface area contributed by atoms with E-state index in [0.29, 0.717) is 0 Å². The first-order chi connectivity index (χ1) is 11.0. The Morgan fingerprint density at radius 3 is 2.96 bits per heavy atom. The molecule has 2 N–H and O–H groups in total. The van der Waals surface area contributed by atoms with E-state index in [-0.39, 0.29) is 25.2 Å². The van der Waals surface area contributed by atoms with Crippen molar-refractivity contribution in [2.75, 3.05) is 13.2 Å². The summed E-state index contributed by atoms with van der Waals surface area (Å²) in [6, 6.07) is 0. The van der Waals surface area contributed by atoms with Crippen molar-refractivity contribution in [2.45, 2.75) is 31.8 Å². The van der Waals surface area contributed by atoms with E-state index in [1.54, 1.807) is 6.92 Å². The van der Waals surface area contributed by atoms with Crippen molar-refractivity contribution in [2.24, 2.45) is 0 Å². The Balaban J connectivity index is 2.09. The molecule has 1 aliphatic heterocycles. The number of aromatic nitrogens is 2. The average Bonchev–Trinajstić information content (AvgIpc) is 2.86. The SMILES string of the molecule is C=Cc1cn([C@@H]2CC(O)[C@H](COC(=O)OCC)O2)c(=O)[nH]c1=O. The fourth-order valence-corrected chi connectivity index (χ4v) is 2.21. The number of H-pyrrole nitrogens is 1. The Morgan fingerprint density at radius 1 is 1.57 bits per heavy atom. The molecule has 1 aromatic rings. The third-order valence-electron chi connectivity index (χ3n) is 3.36. The summed E-state index contributed by atoms with van der Waals surface area (Å²) in [5.74, 6) is 0. The summed E-state index contributed by atoms with van der Waals surface area (Å²) in [6.07, 6.45) is -0.650. The molecule has 0 aromatic carbocycles. The van der Waals surface area contributed by atoms with Crippen LogP contribution < -0.4 is 11.2 Å². The van der Waals surface area contributed by atoms with E-state index in [4.69, 9.17) is 9.47 Å². The van der Waals surface area contributed by atoms with Gasteiger partial charge in [0.1, 0.15) is 18.9 Å². The molecule has 126 valence electrons. The third-order valence-corrected chi connectivity index (χ3v) is 3.36. The van der Waals surface area contributed by atoms with Crippen LogP contribution in [0, 0.1) is 0 Å². The molecule has 2 heterocycles. The standard InChI is InChI=1S/C14H18N2O7/c1-3-8-6-16(13(19)15-12(8)18)11-5-9(17)10(23-11)7-22-14(20)21-4-2/h3,6,9-11,17H,1,4-5,7H2,2H3,(H,15,18,19)/t9?,10-,11-/m0/s1. The number of aliphatic hydroxyl groups is 1. The molecule has 23 heavy (non-hydrogen) atoms. The second-order valence-corrected chi connectivity index (χ2v) is 4.88. The normalized spacial score (nSPS) is 23.5. The molecule has 0 amide bonds. The maximum atomic E-state index is 11.9. The van der Waals surface area contributed by atoms with Crippen molar-refractivity contribution in [1.29, 1.82) is 0 Å². The van der Waals surface area contributed by atoms with Crippen LogP contribution >= 0.6 is 0 Å². The van der Waals surface area contributed by atoms with Gasteiger partial charge in [-0.3, -0.25) is 14.3 Å². The lowest BCUT2D eigenvalue weighted by Gasteiger charge is -2.16. The summed E-state index contributed by atoms with van der Waals surface area (Å²) in [4.78, 5) is 36.7. The highest BCUT2D eigenvalue weighted by Gasteiger charge is 2.36. The smallest absolute Gasteiger partial charge is 0.435 e. The molecule has 9 nitrogen and oxygen atoms in total. The first kappa shape index (κ1) is 17.0. The second-order valence-electron chi connectivity index (χ2n) is 4.88. The number of aliphatic hydroxyl groups excluding tert-OH is 1. The maximum absolute atomic E-state index is 11.9. The molecule has 1 aromatic heterocycles. The van der Waals surface area contributed by atoms with Gasteiger partial charge in [-0.15, -0.1) is 0 Å². The molecule has 0 saturated carbocycles. The maximum Gasteiger partial charge on any atom is 0.508 e. The van der Waals surface area contributed by atoms with Crippen molar-refractivity contribution in [3.05, 3.63) is 39.2 Å². The number of nitrogens with one attached hydrogen (secondary N) is 1. The van der Waals surface area contributed by atoms with Gasteiger partial charge >= 0.3 is 11.8 Å². The van der Waals surface area contributed by atoms with Crippen molar-refractivity contribution in [1.82, 2.24) is 9.55 Å². The van der Waals surface area contributed by atoms with E-state index in [1.165, 1.54) is 12.3 Å². The van der Waals surface area contributed by atoms with Crippen LogP contribution in [-0.4, -0.2) is 46.2 Å². The molecule has 1 saturated heterocycles. The zero-order chi connectivity index (χ0) is 17.0. The summed E-state index contributed by atoms with van der Waals surface area (Å²) in [5.41, 5.74) is -1.01. The summed E-state index contributed by atoms with van der Waals surface area (Å²) < 4.78 is 16.1. The summed E-state index contributed by atoms with van der Waals surface area (Å²) >= 11 is 0. The van der Waals surface area contributed by atoms with Gasteiger partial charge in [-0.1, -0.05) is 12.7 Å². The molecule has 2 rings (SSSR count). The van der Waals surface area contributed by atoms with Crippen LogP contribution in [0.2, 0.25) is 0 Å². The fraction of sp³-hybridized carbons (Fsp3) is 0.500. The van der Waals surface area contributed by atoms with Gasteiger partial charge in [-0.05, 0) is 6.92 Å². The van der Waals surface area contributed by atoms with Crippen molar-refractivity contribution < 1.29 is 24.1 Å². The summed E-state index contributed by atoms with van der Waals surface area (Å²) in [7, 11) is 0. The Morgan fingerprint density at radius 2 is 2.30 bits per heavy atom. The van der Waals surface area contributed by atoms with Gasteiger partial charge in [0, 0.05) is 12.6 Å². The van der Waals surface area contributed by atoms with Crippen LogP contribution in [0.4, 0.5) is 4.79 Å². The second kappa shape index (κ2) is 7.25. The number of carbonyl (C=O) groups is 1. The lowest BCUT2D eigenvalue weighted by Crippen LogP contribution is -2.33. The quantitative estimate of drug-likeness (QED) is 0.731. The van der Waals surface area contributed by atoms with E-state index in [9.17, 15) is 19.5 Å². The Labute approximate surface area is 131 Å². The van der Waals surface area contributed by atoms with Gasteiger partial charge < -0.3 is 19.3 Å². The highest BCUT2D eigenvalue weighted by Crippen LogP contribution is 2.27. The minimum Gasteiger partial charge on any atom is -0.435 e. The molecule has 0 spiro atoms. The predicted molar refractivity (Wildman–Crippen MR) is 78.9 cm³/mol. The number of aromatic amines is 1. The predicted octanol–water partition coefficient (Wildman–Crippen LogP) is 0.00110. The first-order valence-corrected chi connectivity index (χ1v) is 7.07. The minimum absolute atomic E-state index is 0.111. The van der Waals surface area contributed by atoms with E-state index in [0.717, 1.165) is 4.57 Å². The summed E-state index contributed by atoms with van der Waals surface area (Å²) in [6.45, 7) is 5.09. The number of carbonyl (C=O) groups excluding carboxylic acids is 1. The highest BCUT2D eigenvalue weighted by molar-refractivity contribution is 5.59. The molecule has 9 heteroatoms. The van der Waals surface area contributed by atoms with Crippen LogP contribution in [0.15, 0.2) is 22.4 Å². The Kier molecular flexibility index (Phi) is 5.35. The number of nitrogens with zero attached hydrogens (tertiary/aromatic N) is 1. The zero-order valence-electron chi connectivity index (χ0n) is 12.6. The van der Waals surface area contributed by atoms with E-state index in [2.05, 4.69) is 16.3 Å². The lowest BCUT2D eigenvalue weighted by atomic mass is 10.2. The molecule has 0 radical (unpaired) electrons. The fourth-order valence-electron chi connectivity index (χ4n) is 2.21. The number of ether oxygens (including phenoxy) is 3. The summed E-state index contributed by atoms with van der Waals surface area (Å²) in [5, 5.41) is 9.97. The zero-order valence-corrected chi connectivity index (χ0v) is 12.6. The van der Waals surface area contributed by atoms with Gasteiger partial charge in [-0.25, -0.2) is 9.59 Å². The third kappa shape index (κ3) is 3.88. The average molecular weight is 326 g/mol. The number of rotatable bonds is 5. The van der Waals surface area contributed by atoms with Crippen LogP contribution in [-0.2, 0) is 14.2 Å². The molecule has 3 atom stereocenters. The molecule has 0 bridgehead atoms. The monoisotopic (exact) mass is 326 g/mol. The van der Waals surface area contributed by atoms with Gasteiger partial charge in [0.2, 0.25) is 0 Å². The van der Waals surface area contributed by atoms with E-state index in [1.807, 2.05) is 0 Å². The van der Waals surface area contributed by atoms with Gasteiger partial charge in [-0.2, -0.15) is 0 Å². The van der Waals surface area contributed by atoms with Crippen LogP contribution in [0.1, 0.15) is 25.1 Å². The topological polar surface area (TPSA) is 120 Å². The van der Waals surface area contributed by atoms with Crippen molar-refractivity contribution >= 4 is 12.2 Å². The minimum atomic E-state index is -0.930. The number of hydrogen-bond donors (Lipinski definition) is 2.